The first kappa shape index (κ1) is 20.3. The van der Waals surface area contributed by atoms with E-state index >= 15 is 0 Å². The molecule has 7 aromatic rings. The number of nitrogens with zero attached hydrogens (tertiary/aromatic N) is 2. The minimum absolute atomic E-state index is 0.215. The molecule has 4 aromatic heterocycles. The van der Waals surface area contributed by atoms with Crippen molar-refractivity contribution in [3.05, 3.63) is 118 Å². The van der Waals surface area contributed by atoms with Crippen LogP contribution in [0.2, 0.25) is 0 Å². The molecule has 0 amide bonds. The lowest BCUT2D eigenvalue weighted by molar-refractivity contribution is 0.649. The minimum atomic E-state index is -0.262. The highest BCUT2D eigenvalue weighted by atomic mass is 16.3. The summed E-state index contributed by atoms with van der Waals surface area (Å²) in [5, 5.41) is 1.38. The third-order valence-corrected chi connectivity index (χ3v) is 6.39. The van der Waals surface area contributed by atoms with Crippen molar-refractivity contribution in [3.8, 4) is 22.5 Å². The normalized spacial score (nSPS) is 11.6. The van der Waals surface area contributed by atoms with E-state index in [9.17, 15) is 9.59 Å². The van der Waals surface area contributed by atoms with Gasteiger partial charge < -0.3 is 8.83 Å². The fraction of sp³-hybridized carbons (Fsp3) is 0. The molecule has 0 saturated heterocycles. The molecule has 0 fully saturated rings. The van der Waals surface area contributed by atoms with Crippen molar-refractivity contribution in [2.75, 3.05) is 0 Å². The summed E-state index contributed by atoms with van der Waals surface area (Å²) in [6.45, 7) is 0. The number of hydrogen-bond donors (Lipinski definition) is 0. The Bertz CT molecular complexity index is 2080. The SMILES string of the molecule is O=c1c2cc(-c3ccccn3)ccc2oc2c1ccc1oc3ccc(-c4ccccn4)cc3c(=O)c12. The quantitative estimate of drug-likeness (QED) is 0.218. The van der Waals surface area contributed by atoms with Gasteiger partial charge in [-0.15, -0.1) is 0 Å². The predicted molar refractivity (Wildman–Crippen MR) is 140 cm³/mol. The second kappa shape index (κ2) is 7.71. The Labute approximate surface area is 203 Å². The first-order chi connectivity index (χ1) is 17.7. The van der Waals surface area contributed by atoms with Crippen molar-refractivity contribution in [2.24, 2.45) is 0 Å². The largest absolute Gasteiger partial charge is 0.456 e. The second-order valence-electron chi connectivity index (χ2n) is 8.53. The van der Waals surface area contributed by atoms with Gasteiger partial charge in [-0.05, 0) is 72.8 Å². The Kier molecular flexibility index (Phi) is 4.35. The highest BCUT2D eigenvalue weighted by molar-refractivity contribution is 6.07. The summed E-state index contributed by atoms with van der Waals surface area (Å²) in [6.07, 6.45) is 3.41. The summed E-state index contributed by atoms with van der Waals surface area (Å²) in [5.74, 6) is 0. The Balaban J connectivity index is 1.52. The van der Waals surface area contributed by atoms with Gasteiger partial charge >= 0.3 is 0 Å². The van der Waals surface area contributed by atoms with Gasteiger partial charge in [0.1, 0.15) is 22.1 Å². The number of rotatable bonds is 2. The van der Waals surface area contributed by atoms with Gasteiger partial charge in [0.25, 0.3) is 0 Å². The van der Waals surface area contributed by atoms with Crippen LogP contribution in [0.4, 0.5) is 0 Å². The topological polar surface area (TPSA) is 86.2 Å². The molecule has 0 aliphatic heterocycles. The molecule has 6 heteroatoms. The standard InChI is InChI=1S/C30H16N2O4/c33-28-19-9-12-26-27(29(34)21-16-18(7-10-24(21)35-26)23-6-2-4-14-32-23)30(19)36-25-11-8-17(15-20(25)28)22-5-1-3-13-31-22/h1-16H. The summed E-state index contributed by atoms with van der Waals surface area (Å²) in [4.78, 5) is 36.0. The molecule has 6 nitrogen and oxygen atoms in total. The molecule has 0 bridgehead atoms. The number of hydrogen-bond acceptors (Lipinski definition) is 6. The van der Waals surface area contributed by atoms with Gasteiger partial charge in [0.2, 0.25) is 10.9 Å². The van der Waals surface area contributed by atoms with E-state index < -0.39 is 0 Å². The van der Waals surface area contributed by atoms with Crippen LogP contribution >= 0.6 is 0 Å². The zero-order valence-corrected chi connectivity index (χ0v) is 18.8. The van der Waals surface area contributed by atoms with Crippen LogP contribution in [-0.4, -0.2) is 9.97 Å². The van der Waals surface area contributed by atoms with Gasteiger partial charge in [-0.25, -0.2) is 0 Å². The first-order valence-electron chi connectivity index (χ1n) is 11.4. The van der Waals surface area contributed by atoms with E-state index in [0.717, 1.165) is 22.5 Å². The van der Waals surface area contributed by atoms with Crippen LogP contribution < -0.4 is 10.9 Å². The van der Waals surface area contributed by atoms with Gasteiger partial charge in [-0.1, -0.05) is 12.1 Å². The van der Waals surface area contributed by atoms with Crippen molar-refractivity contribution in [1.82, 2.24) is 9.97 Å². The molecule has 0 atom stereocenters. The summed E-state index contributed by atoms with van der Waals surface area (Å²) in [7, 11) is 0. The van der Waals surface area contributed by atoms with Gasteiger partial charge in [0.15, 0.2) is 5.58 Å². The molecule has 36 heavy (non-hydrogen) atoms. The average Bonchev–Trinajstić information content (AvgIpc) is 2.94. The zero-order valence-electron chi connectivity index (χ0n) is 18.8. The van der Waals surface area contributed by atoms with Crippen LogP contribution in [0.3, 0.4) is 0 Å². The first-order valence-corrected chi connectivity index (χ1v) is 11.4. The lowest BCUT2D eigenvalue weighted by Gasteiger charge is -2.08. The summed E-state index contributed by atoms with van der Waals surface area (Å²) < 4.78 is 12.2. The van der Waals surface area contributed by atoms with E-state index in [1.54, 1.807) is 48.8 Å². The summed E-state index contributed by atoms with van der Waals surface area (Å²) in [6, 6.07) is 25.3. The highest BCUT2D eigenvalue weighted by Crippen LogP contribution is 2.30. The van der Waals surface area contributed by atoms with E-state index in [0.29, 0.717) is 32.9 Å². The Morgan fingerprint density at radius 3 is 1.72 bits per heavy atom. The zero-order chi connectivity index (χ0) is 24.2. The molecule has 170 valence electrons. The Morgan fingerprint density at radius 1 is 0.528 bits per heavy atom. The van der Waals surface area contributed by atoms with Gasteiger partial charge in [-0.3, -0.25) is 19.6 Å². The van der Waals surface area contributed by atoms with E-state index in [-0.39, 0.29) is 21.8 Å². The monoisotopic (exact) mass is 468 g/mol. The smallest absolute Gasteiger partial charge is 0.204 e. The van der Waals surface area contributed by atoms with E-state index in [2.05, 4.69) is 9.97 Å². The molecule has 0 unspecified atom stereocenters. The molecule has 3 aromatic carbocycles. The van der Waals surface area contributed by atoms with Crippen LogP contribution in [0.25, 0.3) is 66.4 Å². The second-order valence-corrected chi connectivity index (χ2v) is 8.53. The maximum Gasteiger partial charge on any atom is 0.204 e. The van der Waals surface area contributed by atoms with Crippen LogP contribution in [0, 0.1) is 0 Å². The number of fused-ring (bicyclic) bond motifs is 5. The molecule has 4 heterocycles. The van der Waals surface area contributed by atoms with Crippen molar-refractivity contribution >= 4 is 43.9 Å². The van der Waals surface area contributed by atoms with Crippen LogP contribution in [0.1, 0.15) is 0 Å². The lowest BCUT2D eigenvalue weighted by atomic mass is 10.0. The van der Waals surface area contributed by atoms with Crippen molar-refractivity contribution in [3.63, 3.8) is 0 Å². The van der Waals surface area contributed by atoms with Gasteiger partial charge in [0.05, 0.1) is 27.5 Å². The Hall–Kier alpha value is -5.10. The molecule has 0 saturated carbocycles. The third-order valence-electron chi connectivity index (χ3n) is 6.39. The highest BCUT2D eigenvalue weighted by Gasteiger charge is 2.17. The number of benzene rings is 3. The summed E-state index contributed by atoms with van der Waals surface area (Å²) in [5.41, 5.74) is 4.05. The van der Waals surface area contributed by atoms with Gasteiger partial charge in [-0.2, -0.15) is 0 Å². The van der Waals surface area contributed by atoms with Crippen LogP contribution in [-0.2, 0) is 0 Å². The van der Waals surface area contributed by atoms with E-state index in [1.807, 2.05) is 48.5 Å². The number of aromatic nitrogens is 2. The third kappa shape index (κ3) is 3.05. The molecule has 0 N–H and O–H groups in total. The maximum absolute atomic E-state index is 13.7. The van der Waals surface area contributed by atoms with Gasteiger partial charge in [0, 0.05) is 23.5 Å². The molecular weight excluding hydrogens is 452 g/mol. The lowest BCUT2D eigenvalue weighted by Crippen LogP contribution is -2.07. The molecule has 0 aliphatic rings. The molecule has 7 rings (SSSR count). The van der Waals surface area contributed by atoms with Crippen LogP contribution in [0.5, 0.6) is 0 Å². The maximum atomic E-state index is 13.7. The molecule has 0 spiro atoms. The van der Waals surface area contributed by atoms with Crippen molar-refractivity contribution in [2.45, 2.75) is 0 Å². The fourth-order valence-electron chi connectivity index (χ4n) is 4.64. The van der Waals surface area contributed by atoms with Crippen molar-refractivity contribution < 1.29 is 8.83 Å². The average molecular weight is 468 g/mol. The van der Waals surface area contributed by atoms with E-state index in [4.69, 9.17) is 8.83 Å². The molecule has 0 aliphatic carbocycles. The van der Waals surface area contributed by atoms with Crippen molar-refractivity contribution in [1.29, 1.82) is 0 Å². The fourth-order valence-corrected chi connectivity index (χ4v) is 4.64. The predicted octanol–water partition coefficient (Wildman–Crippen LogP) is 6.33. The summed E-state index contributed by atoms with van der Waals surface area (Å²) >= 11 is 0. The minimum Gasteiger partial charge on any atom is -0.456 e. The van der Waals surface area contributed by atoms with E-state index in [1.165, 1.54) is 0 Å². The molecule has 0 radical (unpaired) electrons. The number of pyridine rings is 2. The van der Waals surface area contributed by atoms with Crippen LogP contribution in [0.15, 0.2) is 116 Å². The molecular formula is C30H16N2O4. The Morgan fingerprint density at radius 2 is 1.11 bits per heavy atom.